The van der Waals surface area contributed by atoms with E-state index in [1.54, 1.807) is 30.8 Å². The smallest absolute Gasteiger partial charge is 0.306 e. The Morgan fingerprint density at radius 1 is 1.26 bits per heavy atom. The van der Waals surface area contributed by atoms with Gasteiger partial charge in [0.1, 0.15) is 0 Å². The van der Waals surface area contributed by atoms with Crippen molar-refractivity contribution in [3.63, 3.8) is 0 Å². The highest BCUT2D eigenvalue weighted by Crippen LogP contribution is 2.22. The molecule has 2 aromatic rings. The maximum atomic E-state index is 12.1. The molecule has 0 unspecified atom stereocenters. The Labute approximate surface area is 119 Å². The van der Waals surface area contributed by atoms with E-state index in [0.29, 0.717) is 22.7 Å². The van der Waals surface area contributed by atoms with Crippen LogP contribution in [-0.2, 0) is 10.0 Å². The van der Waals surface area contributed by atoms with Crippen molar-refractivity contribution < 1.29 is 8.42 Å². The van der Waals surface area contributed by atoms with Crippen molar-refractivity contribution in [2.45, 2.75) is 16.0 Å². The van der Waals surface area contributed by atoms with E-state index in [9.17, 15) is 13.2 Å². The van der Waals surface area contributed by atoms with Crippen LogP contribution in [0.5, 0.6) is 0 Å². The summed E-state index contributed by atoms with van der Waals surface area (Å²) in [5.74, 6) is 0. The van der Waals surface area contributed by atoms with Gasteiger partial charge in [0.15, 0.2) is 4.21 Å². The number of hydrogen-bond acceptors (Lipinski definition) is 5. The highest BCUT2D eigenvalue weighted by Gasteiger charge is 2.20. The van der Waals surface area contributed by atoms with Crippen LogP contribution in [0.2, 0.25) is 0 Å². The molecule has 1 aromatic carbocycles. The largest absolute Gasteiger partial charge is 0.315 e. The number of H-pyrrole nitrogens is 1. The van der Waals surface area contributed by atoms with Crippen LogP contribution in [-0.4, -0.2) is 19.7 Å². The van der Waals surface area contributed by atoms with Gasteiger partial charge in [-0.3, -0.25) is 9.52 Å². The number of benzene rings is 1. The molecule has 0 bridgehead atoms. The second-order valence-corrected chi connectivity index (χ2v) is 7.50. The van der Waals surface area contributed by atoms with Crippen LogP contribution in [0, 0.1) is 6.92 Å². The fourth-order valence-electron chi connectivity index (χ4n) is 1.51. The summed E-state index contributed by atoms with van der Waals surface area (Å²) in [6.07, 6.45) is 1.94. The maximum absolute atomic E-state index is 12.1. The van der Waals surface area contributed by atoms with Crippen LogP contribution in [0.4, 0.5) is 5.69 Å². The first-order valence-corrected chi connectivity index (χ1v) is 8.81. The van der Waals surface area contributed by atoms with Crippen LogP contribution in [0.25, 0.3) is 0 Å². The van der Waals surface area contributed by atoms with Crippen molar-refractivity contribution in [2.75, 3.05) is 11.0 Å². The van der Waals surface area contributed by atoms with Gasteiger partial charge in [0.25, 0.3) is 10.0 Å². The van der Waals surface area contributed by atoms with Gasteiger partial charge in [-0.2, -0.15) is 0 Å². The zero-order valence-electron chi connectivity index (χ0n) is 10.3. The maximum Gasteiger partial charge on any atom is 0.306 e. The molecule has 19 heavy (non-hydrogen) atoms. The van der Waals surface area contributed by atoms with Crippen LogP contribution in [0.1, 0.15) is 5.69 Å². The van der Waals surface area contributed by atoms with Crippen molar-refractivity contribution in [3.05, 3.63) is 39.6 Å². The minimum Gasteiger partial charge on any atom is -0.315 e. The van der Waals surface area contributed by atoms with Crippen LogP contribution in [0.3, 0.4) is 0 Å². The average molecular weight is 316 g/mol. The molecule has 0 amide bonds. The number of rotatable bonds is 4. The standard InChI is InChI=1S/C11H12N2O3S3/c1-7-10(18-11(14)12-7)19(15,16)13-8-3-5-9(17-2)6-4-8/h3-6,13H,1-2H3,(H,12,14). The summed E-state index contributed by atoms with van der Waals surface area (Å²) < 4.78 is 26.7. The molecule has 8 heteroatoms. The molecule has 0 radical (unpaired) electrons. The Morgan fingerprint density at radius 3 is 2.37 bits per heavy atom. The molecule has 102 valence electrons. The van der Waals surface area contributed by atoms with Gasteiger partial charge in [-0.15, -0.1) is 11.8 Å². The fraction of sp³-hybridized carbons (Fsp3) is 0.182. The number of aromatic nitrogens is 1. The molecule has 0 fully saturated rings. The summed E-state index contributed by atoms with van der Waals surface area (Å²) >= 11 is 2.26. The van der Waals surface area contributed by atoms with E-state index in [2.05, 4.69) is 9.71 Å². The predicted octanol–water partition coefficient (Wildman–Crippen LogP) is 2.27. The van der Waals surface area contributed by atoms with Gasteiger partial charge in [-0.1, -0.05) is 11.3 Å². The molecule has 5 nitrogen and oxygen atoms in total. The van der Waals surface area contributed by atoms with Crippen molar-refractivity contribution in [3.8, 4) is 0 Å². The van der Waals surface area contributed by atoms with E-state index in [1.165, 1.54) is 0 Å². The van der Waals surface area contributed by atoms with Crippen molar-refractivity contribution in [1.82, 2.24) is 4.98 Å². The van der Waals surface area contributed by atoms with Gasteiger partial charge in [-0.25, -0.2) is 8.42 Å². The Kier molecular flexibility index (Phi) is 4.02. The van der Waals surface area contributed by atoms with Gasteiger partial charge in [-0.05, 0) is 37.4 Å². The first kappa shape index (κ1) is 14.2. The summed E-state index contributed by atoms with van der Waals surface area (Å²) in [7, 11) is -3.71. The molecule has 0 aliphatic rings. The third kappa shape index (κ3) is 3.20. The van der Waals surface area contributed by atoms with E-state index >= 15 is 0 Å². The molecule has 2 N–H and O–H groups in total. The third-order valence-corrected chi connectivity index (χ3v) is 6.10. The molecule has 1 heterocycles. The van der Waals surface area contributed by atoms with Crippen molar-refractivity contribution in [2.24, 2.45) is 0 Å². The van der Waals surface area contributed by atoms with Crippen molar-refractivity contribution >= 4 is 38.8 Å². The van der Waals surface area contributed by atoms with Gasteiger partial charge in [0, 0.05) is 16.3 Å². The summed E-state index contributed by atoms with van der Waals surface area (Å²) in [4.78, 5) is 14.3. The minimum atomic E-state index is -3.71. The minimum absolute atomic E-state index is 0.0199. The highest BCUT2D eigenvalue weighted by atomic mass is 32.2. The quantitative estimate of drug-likeness (QED) is 0.848. The van der Waals surface area contributed by atoms with Gasteiger partial charge in [0.2, 0.25) is 0 Å². The lowest BCUT2D eigenvalue weighted by atomic mass is 10.3. The second-order valence-electron chi connectivity index (χ2n) is 3.76. The first-order valence-electron chi connectivity index (χ1n) is 5.29. The molecular formula is C11H12N2O3S3. The summed E-state index contributed by atoms with van der Waals surface area (Å²) in [5.41, 5.74) is 0.821. The number of aromatic amines is 1. The third-order valence-electron chi connectivity index (χ3n) is 2.37. The Balaban J connectivity index is 2.30. The van der Waals surface area contributed by atoms with Gasteiger partial charge >= 0.3 is 4.87 Å². The topological polar surface area (TPSA) is 79.0 Å². The molecule has 0 saturated carbocycles. The average Bonchev–Trinajstić information content (AvgIpc) is 2.70. The summed E-state index contributed by atoms with van der Waals surface area (Å²) in [6, 6.07) is 7.03. The summed E-state index contributed by atoms with van der Waals surface area (Å²) in [6.45, 7) is 1.56. The van der Waals surface area contributed by atoms with E-state index in [4.69, 9.17) is 0 Å². The van der Waals surface area contributed by atoms with E-state index < -0.39 is 10.0 Å². The second kappa shape index (κ2) is 5.40. The number of thioether (sulfide) groups is 1. The number of nitrogens with one attached hydrogen (secondary N) is 2. The summed E-state index contributed by atoms with van der Waals surface area (Å²) in [5, 5.41) is 0. The Hall–Kier alpha value is -1.25. The van der Waals surface area contributed by atoms with Crippen LogP contribution >= 0.6 is 23.1 Å². The van der Waals surface area contributed by atoms with Crippen LogP contribution in [0.15, 0.2) is 38.2 Å². The fourth-order valence-corrected chi connectivity index (χ4v) is 4.28. The number of sulfonamides is 1. The van der Waals surface area contributed by atoms with E-state index in [1.807, 2.05) is 18.4 Å². The Bertz CT molecular complexity index is 729. The van der Waals surface area contributed by atoms with Crippen LogP contribution < -0.4 is 9.60 Å². The SMILES string of the molecule is CSc1ccc(NS(=O)(=O)c2sc(=O)[nH]c2C)cc1. The predicted molar refractivity (Wildman–Crippen MR) is 78.7 cm³/mol. The molecule has 0 aliphatic heterocycles. The van der Waals surface area contributed by atoms with Crippen molar-refractivity contribution in [1.29, 1.82) is 0 Å². The van der Waals surface area contributed by atoms with Gasteiger partial charge < -0.3 is 4.98 Å². The number of anilines is 1. The molecule has 0 aliphatic carbocycles. The molecule has 1 aromatic heterocycles. The highest BCUT2D eigenvalue weighted by molar-refractivity contribution is 7.98. The van der Waals surface area contributed by atoms with E-state index in [-0.39, 0.29) is 9.08 Å². The lowest BCUT2D eigenvalue weighted by molar-refractivity contribution is 0.602. The first-order chi connectivity index (χ1) is 8.92. The van der Waals surface area contributed by atoms with Gasteiger partial charge in [0.05, 0.1) is 0 Å². The number of thiazole rings is 1. The monoisotopic (exact) mass is 316 g/mol. The molecule has 0 saturated heterocycles. The normalized spacial score (nSPS) is 11.5. The van der Waals surface area contributed by atoms with E-state index in [0.717, 1.165) is 4.90 Å². The lowest BCUT2D eigenvalue weighted by Crippen LogP contribution is -2.12. The molecule has 0 spiro atoms. The lowest BCUT2D eigenvalue weighted by Gasteiger charge is -2.07. The zero-order valence-corrected chi connectivity index (χ0v) is 12.7. The molecule has 2 rings (SSSR count). The number of aryl methyl sites for hydroxylation is 1. The Morgan fingerprint density at radius 2 is 1.89 bits per heavy atom. The molecular weight excluding hydrogens is 304 g/mol. The molecule has 0 atom stereocenters. The number of hydrogen-bond donors (Lipinski definition) is 2. The zero-order chi connectivity index (χ0) is 14.0.